The van der Waals surface area contributed by atoms with Crippen LogP contribution in [0.4, 0.5) is 0 Å². The Hall–Kier alpha value is -1.94. The monoisotopic (exact) mass is 289 g/mol. The van der Waals surface area contributed by atoms with Gasteiger partial charge in [-0.15, -0.1) is 0 Å². The first-order chi connectivity index (χ1) is 10.1. The maximum Gasteiger partial charge on any atom is 0.161 e. The van der Waals surface area contributed by atoms with E-state index < -0.39 is 0 Å². The first-order valence-electron chi connectivity index (χ1n) is 7.20. The van der Waals surface area contributed by atoms with E-state index in [-0.39, 0.29) is 0 Å². The van der Waals surface area contributed by atoms with Crippen LogP contribution in [0.15, 0.2) is 28.7 Å². The molecule has 21 heavy (non-hydrogen) atoms. The normalized spacial score (nSPS) is 10.7. The molecule has 2 aromatic rings. The molecule has 1 heterocycles. The fraction of sp³-hybridized carbons (Fsp3) is 0.412. The lowest BCUT2D eigenvalue weighted by molar-refractivity contribution is 0.252. The lowest BCUT2D eigenvalue weighted by atomic mass is 10.2. The van der Waals surface area contributed by atoms with Gasteiger partial charge in [0.1, 0.15) is 18.1 Å². The zero-order valence-corrected chi connectivity index (χ0v) is 13.2. The van der Waals surface area contributed by atoms with Gasteiger partial charge in [0, 0.05) is 0 Å². The molecule has 0 saturated heterocycles. The molecule has 0 unspecified atom stereocenters. The van der Waals surface area contributed by atoms with E-state index in [1.165, 1.54) is 0 Å². The van der Waals surface area contributed by atoms with Crippen LogP contribution in [0.3, 0.4) is 0 Å². The van der Waals surface area contributed by atoms with Crippen molar-refractivity contribution >= 4 is 0 Å². The second-order valence-corrected chi connectivity index (χ2v) is 5.04. The Morgan fingerprint density at radius 1 is 1.14 bits per heavy atom. The van der Waals surface area contributed by atoms with Gasteiger partial charge in [0.05, 0.1) is 13.7 Å². The minimum absolute atomic E-state index is 0.395. The fourth-order valence-electron chi connectivity index (χ4n) is 2.12. The van der Waals surface area contributed by atoms with Gasteiger partial charge >= 0.3 is 0 Å². The van der Waals surface area contributed by atoms with Gasteiger partial charge in [-0.2, -0.15) is 0 Å². The van der Waals surface area contributed by atoms with Crippen molar-refractivity contribution in [3.63, 3.8) is 0 Å². The smallest absolute Gasteiger partial charge is 0.161 e. The molecule has 0 aliphatic rings. The number of hydrogen-bond acceptors (Lipinski definition) is 4. The molecule has 4 nitrogen and oxygen atoms in total. The first-order valence-corrected chi connectivity index (χ1v) is 7.20. The summed E-state index contributed by atoms with van der Waals surface area (Å²) in [5, 5.41) is 3.26. The van der Waals surface area contributed by atoms with Crippen LogP contribution in [0.1, 0.15) is 29.6 Å². The number of methoxy groups -OCH3 is 1. The second-order valence-electron chi connectivity index (χ2n) is 5.04. The molecular weight excluding hydrogens is 266 g/mol. The van der Waals surface area contributed by atoms with E-state index in [0.29, 0.717) is 6.61 Å². The molecule has 0 spiro atoms. The zero-order valence-electron chi connectivity index (χ0n) is 13.2. The van der Waals surface area contributed by atoms with Crippen LogP contribution in [-0.4, -0.2) is 13.7 Å². The highest BCUT2D eigenvalue weighted by Gasteiger charge is 2.10. The van der Waals surface area contributed by atoms with E-state index in [2.05, 4.69) is 12.2 Å². The van der Waals surface area contributed by atoms with Crippen molar-refractivity contribution in [2.24, 2.45) is 0 Å². The van der Waals surface area contributed by atoms with Crippen molar-refractivity contribution in [2.45, 2.75) is 33.9 Å². The van der Waals surface area contributed by atoms with Crippen LogP contribution in [-0.2, 0) is 13.2 Å². The topological polar surface area (TPSA) is 43.6 Å². The van der Waals surface area contributed by atoms with Crippen molar-refractivity contribution in [1.29, 1.82) is 0 Å². The number of nitrogens with one attached hydrogen (secondary N) is 1. The Bertz CT molecular complexity index is 590. The molecule has 1 N–H and O–H groups in total. The van der Waals surface area contributed by atoms with Crippen LogP contribution in [0.25, 0.3) is 0 Å². The van der Waals surface area contributed by atoms with Crippen molar-refractivity contribution in [2.75, 3.05) is 13.7 Å². The Labute approximate surface area is 126 Å². The van der Waals surface area contributed by atoms with Gasteiger partial charge in [-0.05, 0) is 49.7 Å². The van der Waals surface area contributed by atoms with Gasteiger partial charge in [-0.1, -0.05) is 13.0 Å². The fourth-order valence-corrected chi connectivity index (χ4v) is 2.12. The van der Waals surface area contributed by atoms with Crippen LogP contribution >= 0.6 is 0 Å². The molecule has 0 atom stereocenters. The number of benzene rings is 1. The summed E-state index contributed by atoms with van der Waals surface area (Å²) in [6, 6.07) is 7.90. The van der Waals surface area contributed by atoms with Crippen LogP contribution < -0.4 is 14.8 Å². The molecule has 1 aromatic carbocycles. The Balaban J connectivity index is 2.03. The quantitative estimate of drug-likeness (QED) is 0.846. The lowest BCUT2D eigenvalue weighted by Gasteiger charge is -2.10. The minimum atomic E-state index is 0.395. The summed E-state index contributed by atoms with van der Waals surface area (Å²) in [4.78, 5) is 0. The van der Waals surface area contributed by atoms with E-state index in [1.54, 1.807) is 7.11 Å². The lowest BCUT2D eigenvalue weighted by Crippen LogP contribution is -2.11. The van der Waals surface area contributed by atoms with E-state index in [1.807, 2.05) is 38.1 Å². The summed E-state index contributed by atoms with van der Waals surface area (Å²) in [7, 11) is 1.65. The van der Waals surface area contributed by atoms with Crippen LogP contribution in [0.2, 0.25) is 0 Å². The van der Waals surface area contributed by atoms with E-state index in [4.69, 9.17) is 13.9 Å². The molecule has 0 radical (unpaired) electrons. The highest BCUT2D eigenvalue weighted by molar-refractivity contribution is 5.42. The van der Waals surface area contributed by atoms with Gasteiger partial charge in [-0.25, -0.2) is 0 Å². The molecular formula is C17H23NO3. The summed E-state index contributed by atoms with van der Waals surface area (Å²) in [5.74, 6) is 3.26. The molecule has 4 heteroatoms. The number of ether oxygens (including phenoxy) is 2. The first kappa shape index (κ1) is 15.4. The maximum absolute atomic E-state index is 5.81. The van der Waals surface area contributed by atoms with Crippen LogP contribution in [0.5, 0.6) is 11.5 Å². The third-order valence-electron chi connectivity index (χ3n) is 3.30. The molecule has 0 aliphatic heterocycles. The summed E-state index contributed by atoms with van der Waals surface area (Å²) >= 11 is 0. The SMILES string of the molecule is CCNCc1oc(COc2ccc(C)cc2OC)cc1C. The van der Waals surface area contributed by atoms with Gasteiger partial charge < -0.3 is 19.2 Å². The summed E-state index contributed by atoms with van der Waals surface area (Å²) in [6.07, 6.45) is 0. The number of hydrogen-bond donors (Lipinski definition) is 1. The average Bonchev–Trinajstić information content (AvgIpc) is 2.83. The molecule has 114 valence electrons. The second kappa shape index (κ2) is 7.18. The molecule has 0 fully saturated rings. The highest BCUT2D eigenvalue weighted by atomic mass is 16.5. The third kappa shape index (κ3) is 4.02. The largest absolute Gasteiger partial charge is 0.493 e. The standard InChI is InChI=1S/C17H23NO3/c1-5-18-10-17-13(3)9-14(21-17)11-20-15-7-6-12(2)8-16(15)19-4/h6-9,18H,5,10-11H2,1-4H3. The molecule has 0 saturated carbocycles. The van der Waals surface area contributed by atoms with Crippen molar-refractivity contribution in [3.8, 4) is 11.5 Å². The minimum Gasteiger partial charge on any atom is -0.493 e. The Morgan fingerprint density at radius 2 is 1.95 bits per heavy atom. The molecule has 2 rings (SSSR count). The van der Waals surface area contributed by atoms with Crippen molar-refractivity contribution < 1.29 is 13.9 Å². The molecule has 0 aliphatic carbocycles. The van der Waals surface area contributed by atoms with Gasteiger partial charge in [0.25, 0.3) is 0 Å². The molecule has 0 amide bonds. The summed E-state index contributed by atoms with van der Waals surface area (Å²) in [5.41, 5.74) is 2.28. The number of aryl methyl sites for hydroxylation is 2. The highest BCUT2D eigenvalue weighted by Crippen LogP contribution is 2.29. The molecule has 0 bridgehead atoms. The predicted octanol–water partition coefficient (Wildman–Crippen LogP) is 3.59. The van der Waals surface area contributed by atoms with Gasteiger partial charge in [0.2, 0.25) is 0 Å². The molecule has 1 aromatic heterocycles. The predicted molar refractivity (Wildman–Crippen MR) is 82.9 cm³/mol. The maximum atomic E-state index is 5.81. The van der Waals surface area contributed by atoms with E-state index >= 15 is 0 Å². The van der Waals surface area contributed by atoms with Gasteiger partial charge in [0.15, 0.2) is 11.5 Å². The summed E-state index contributed by atoms with van der Waals surface area (Å²) < 4.78 is 16.9. The number of rotatable bonds is 7. The Kier molecular flexibility index (Phi) is 5.28. The average molecular weight is 289 g/mol. The van der Waals surface area contributed by atoms with E-state index in [0.717, 1.165) is 47.2 Å². The third-order valence-corrected chi connectivity index (χ3v) is 3.30. The van der Waals surface area contributed by atoms with Crippen molar-refractivity contribution in [1.82, 2.24) is 5.32 Å². The number of furan rings is 1. The van der Waals surface area contributed by atoms with Crippen LogP contribution in [0, 0.1) is 13.8 Å². The Morgan fingerprint density at radius 3 is 2.67 bits per heavy atom. The van der Waals surface area contributed by atoms with Crippen molar-refractivity contribution in [3.05, 3.63) is 46.9 Å². The van der Waals surface area contributed by atoms with Gasteiger partial charge in [-0.3, -0.25) is 0 Å². The zero-order chi connectivity index (χ0) is 15.2. The van der Waals surface area contributed by atoms with E-state index in [9.17, 15) is 0 Å². The summed E-state index contributed by atoms with van der Waals surface area (Å²) in [6.45, 7) is 8.21.